The molecule has 0 aliphatic rings. The Balaban J connectivity index is 3.13. The molecule has 0 aromatic carbocycles. The molecular formula is C27H54OS. The molecule has 0 bridgehead atoms. The fourth-order valence-corrected chi connectivity index (χ4v) is 4.19. The fourth-order valence-electron chi connectivity index (χ4n) is 3.96. The summed E-state index contributed by atoms with van der Waals surface area (Å²) in [5.74, 6) is 0. The van der Waals surface area contributed by atoms with E-state index in [2.05, 4.69) is 13.8 Å². The van der Waals surface area contributed by atoms with Crippen molar-refractivity contribution in [3.63, 3.8) is 0 Å². The number of rotatable bonds is 24. The fraction of sp³-hybridized carbons (Fsp3) is 0.963. The molecule has 0 radical (unpaired) electrons. The van der Waals surface area contributed by atoms with Crippen LogP contribution in [0.3, 0.4) is 0 Å². The van der Waals surface area contributed by atoms with E-state index in [1.54, 1.807) is 0 Å². The van der Waals surface area contributed by atoms with Gasteiger partial charge in [-0.05, 0) is 25.1 Å². The third-order valence-electron chi connectivity index (χ3n) is 6.00. The van der Waals surface area contributed by atoms with Gasteiger partial charge < -0.3 is 4.74 Å². The summed E-state index contributed by atoms with van der Waals surface area (Å²) in [6, 6.07) is 0. The molecule has 1 nitrogen and oxygen atoms in total. The SMILES string of the molecule is CCCCCCCCCCCCCCCOC(=S)CCCCCCCCCCC. The van der Waals surface area contributed by atoms with Crippen molar-refractivity contribution in [1.82, 2.24) is 0 Å². The van der Waals surface area contributed by atoms with Crippen LogP contribution >= 0.6 is 12.2 Å². The number of unbranched alkanes of at least 4 members (excludes halogenated alkanes) is 20. The van der Waals surface area contributed by atoms with Gasteiger partial charge in [-0.15, -0.1) is 0 Å². The van der Waals surface area contributed by atoms with Crippen LogP contribution in [0.15, 0.2) is 0 Å². The molecule has 0 aromatic heterocycles. The van der Waals surface area contributed by atoms with Crippen LogP contribution < -0.4 is 0 Å². The van der Waals surface area contributed by atoms with Crippen LogP contribution in [0, 0.1) is 0 Å². The third-order valence-corrected chi connectivity index (χ3v) is 6.32. The lowest BCUT2D eigenvalue weighted by Gasteiger charge is -2.08. The highest BCUT2D eigenvalue weighted by Crippen LogP contribution is 2.13. The highest BCUT2D eigenvalue weighted by Gasteiger charge is 1.99. The second-order valence-electron chi connectivity index (χ2n) is 9.04. The van der Waals surface area contributed by atoms with Crippen molar-refractivity contribution < 1.29 is 4.74 Å². The molecule has 2 heteroatoms. The van der Waals surface area contributed by atoms with Crippen LogP contribution in [0.2, 0.25) is 0 Å². The minimum Gasteiger partial charge on any atom is -0.487 e. The summed E-state index contributed by atoms with van der Waals surface area (Å²) < 4.78 is 5.75. The van der Waals surface area contributed by atoms with Crippen molar-refractivity contribution in [2.24, 2.45) is 0 Å². The van der Waals surface area contributed by atoms with Crippen molar-refractivity contribution >= 4 is 17.3 Å². The van der Waals surface area contributed by atoms with Crippen LogP contribution in [0.4, 0.5) is 0 Å². The molecule has 0 rings (SSSR count). The molecule has 0 spiro atoms. The predicted molar refractivity (Wildman–Crippen MR) is 136 cm³/mol. The Labute approximate surface area is 190 Å². The maximum Gasteiger partial charge on any atom is 0.159 e. The molecule has 0 aliphatic heterocycles. The first-order valence-electron chi connectivity index (χ1n) is 13.5. The Morgan fingerprint density at radius 1 is 0.448 bits per heavy atom. The van der Waals surface area contributed by atoms with Gasteiger partial charge in [0.2, 0.25) is 0 Å². The van der Waals surface area contributed by atoms with Crippen molar-refractivity contribution in [3.05, 3.63) is 0 Å². The van der Waals surface area contributed by atoms with Gasteiger partial charge in [-0.3, -0.25) is 0 Å². The predicted octanol–water partition coefficient (Wildman–Crippen LogP) is 10.3. The topological polar surface area (TPSA) is 9.23 Å². The van der Waals surface area contributed by atoms with Gasteiger partial charge >= 0.3 is 0 Å². The van der Waals surface area contributed by atoms with E-state index in [1.807, 2.05) is 0 Å². The Morgan fingerprint density at radius 3 is 1.14 bits per heavy atom. The summed E-state index contributed by atoms with van der Waals surface area (Å²) in [4.78, 5) is 0. The second kappa shape index (κ2) is 25.9. The van der Waals surface area contributed by atoms with Gasteiger partial charge in [-0.2, -0.15) is 0 Å². The minimum absolute atomic E-state index is 0.841. The second-order valence-corrected chi connectivity index (χ2v) is 9.50. The first kappa shape index (κ1) is 28.9. The van der Waals surface area contributed by atoms with E-state index in [0.29, 0.717) is 0 Å². The van der Waals surface area contributed by atoms with Gasteiger partial charge in [0.05, 0.1) is 6.61 Å². The standard InChI is InChI=1S/C27H54OS/c1-3-5-7-9-11-13-14-15-16-18-20-22-24-26-28-27(29)25-23-21-19-17-12-10-8-6-4-2/h3-26H2,1-2H3. The quantitative estimate of drug-likeness (QED) is 0.112. The Morgan fingerprint density at radius 2 is 0.759 bits per heavy atom. The largest absolute Gasteiger partial charge is 0.487 e. The molecule has 0 N–H and O–H groups in total. The summed E-state index contributed by atoms with van der Waals surface area (Å²) in [6.45, 7) is 5.41. The van der Waals surface area contributed by atoms with Crippen LogP contribution in [0.25, 0.3) is 0 Å². The molecule has 0 amide bonds. The molecule has 0 atom stereocenters. The zero-order chi connectivity index (χ0) is 21.3. The lowest BCUT2D eigenvalue weighted by molar-refractivity contribution is 0.290. The van der Waals surface area contributed by atoms with E-state index < -0.39 is 0 Å². The summed E-state index contributed by atoms with van der Waals surface area (Å²) in [6.07, 6.45) is 31.4. The van der Waals surface area contributed by atoms with Gasteiger partial charge in [0.25, 0.3) is 0 Å². The normalized spacial score (nSPS) is 11.1. The molecule has 0 saturated carbocycles. The number of hydrogen-bond donors (Lipinski definition) is 0. The van der Waals surface area contributed by atoms with Crippen molar-refractivity contribution in [1.29, 1.82) is 0 Å². The molecule has 0 unspecified atom stereocenters. The van der Waals surface area contributed by atoms with E-state index in [-0.39, 0.29) is 0 Å². The average Bonchev–Trinajstić information content (AvgIpc) is 2.72. The van der Waals surface area contributed by atoms with Gasteiger partial charge in [0, 0.05) is 6.42 Å². The minimum atomic E-state index is 0.841. The lowest BCUT2D eigenvalue weighted by atomic mass is 10.0. The molecule has 29 heavy (non-hydrogen) atoms. The van der Waals surface area contributed by atoms with Crippen LogP contribution in [0.5, 0.6) is 0 Å². The Kier molecular flexibility index (Phi) is 25.8. The molecule has 174 valence electrons. The average molecular weight is 427 g/mol. The lowest BCUT2D eigenvalue weighted by Crippen LogP contribution is -2.03. The molecular weight excluding hydrogens is 372 g/mol. The van der Waals surface area contributed by atoms with E-state index >= 15 is 0 Å². The number of ether oxygens (including phenoxy) is 1. The Hall–Kier alpha value is -0.110. The van der Waals surface area contributed by atoms with Gasteiger partial charge in [0.15, 0.2) is 5.05 Å². The Bertz CT molecular complexity index is 316. The van der Waals surface area contributed by atoms with Crippen molar-refractivity contribution in [3.8, 4) is 0 Å². The van der Waals surface area contributed by atoms with Gasteiger partial charge in [0.1, 0.15) is 0 Å². The molecule has 0 heterocycles. The number of hydrogen-bond acceptors (Lipinski definition) is 2. The summed E-state index contributed by atoms with van der Waals surface area (Å²) in [5.41, 5.74) is 0. The summed E-state index contributed by atoms with van der Waals surface area (Å²) >= 11 is 5.37. The monoisotopic (exact) mass is 426 g/mol. The first-order chi connectivity index (χ1) is 14.3. The van der Waals surface area contributed by atoms with E-state index in [1.165, 1.54) is 141 Å². The van der Waals surface area contributed by atoms with Gasteiger partial charge in [-0.1, -0.05) is 142 Å². The van der Waals surface area contributed by atoms with Gasteiger partial charge in [-0.25, -0.2) is 0 Å². The summed E-state index contributed by atoms with van der Waals surface area (Å²) in [5, 5.41) is 0.854. The first-order valence-corrected chi connectivity index (χ1v) is 13.9. The molecule has 0 saturated heterocycles. The smallest absolute Gasteiger partial charge is 0.159 e. The summed E-state index contributed by atoms with van der Waals surface area (Å²) in [7, 11) is 0. The third kappa shape index (κ3) is 25.9. The van der Waals surface area contributed by atoms with Crippen molar-refractivity contribution in [2.45, 2.75) is 162 Å². The van der Waals surface area contributed by atoms with Crippen LogP contribution in [0.1, 0.15) is 162 Å². The zero-order valence-corrected chi connectivity index (χ0v) is 21.1. The van der Waals surface area contributed by atoms with E-state index in [9.17, 15) is 0 Å². The van der Waals surface area contributed by atoms with Crippen LogP contribution in [-0.4, -0.2) is 11.7 Å². The maximum absolute atomic E-state index is 5.75. The van der Waals surface area contributed by atoms with Crippen molar-refractivity contribution in [2.75, 3.05) is 6.61 Å². The maximum atomic E-state index is 5.75. The van der Waals surface area contributed by atoms with E-state index in [4.69, 9.17) is 17.0 Å². The molecule has 0 fully saturated rings. The van der Waals surface area contributed by atoms with E-state index in [0.717, 1.165) is 18.1 Å². The highest BCUT2D eigenvalue weighted by atomic mass is 32.1. The zero-order valence-electron chi connectivity index (χ0n) is 20.3. The molecule has 0 aliphatic carbocycles. The number of thiocarbonyl (C=S) groups is 1. The molecule has 0 aromatic rings. The van der Waals surface area contributed by atoms with Crippen LogP contribution in [-0.2, 0) is 4.74 Å². The highest BCUT2D eigenvalue weighted by molar-refractivity contribution is 7.80.